The molecule has 2 N–H and O–H groups in total. The molecule has 0 aliphatic carbocycles. The maximum Gasteiger partial charge on any atom is 0.262 e. The molecule has 7 heteroatoms. The molecule has 0 aromatic heterocycles. The number of nitrogens with zero attached hydrogens (tertiary/aromatic N) is 1. The van der Waals surface area contributed by atoms with Gasteiger partial charge in [0.1, 0.15) is 5.75 Å². The third kappa shape index (κ3) is 7.92. The van der Waals surface area contributed by atoms with Crippen LogP contribution in [0.2, 0.25) is 0 Å². The third-order valence-electron chi connectivity index (χ3n) is 4.41. The van der Waals surface area contributed by atoms with Crippen LogP contribution in [0, 0.1) is 0 Å². The Morgan fingerprint density at radius 3 is 2.31 bits per heavy atom. The molecule has 6 nitrogen and oxygen atoms in total. The van der Waals surface area contributed by atoms with Crippen LogP contribution < -0.4 is 15.5 Å². The van der Waals surface area contributed by atoms with Crippen LogP contribution in [0.3, 0.4) is 0 Å². The van der Waals surface area contributed by atoms with Gasteiger partial charge in [0.15, 0.2) is 6.61 Å². The minimum Gasteiger partial charge on any atom is -0.484 e. The highest BCUT2D eigenvalue weighted by atomic mass is 32.2. The summed E-state index contributed by atoms with van der Waals surface area (Å²) in [6.45, 7) is 1.77. The predicted octanol–water partition coefficient (Wildman–Crippen LogP) is 4.48. The van der Waals surface area contributed by atoms with E-state index in [4.69, 9.17) is 4.74 Å². The smallest absolute Gasteiger partial charge is 0.262 e. The van der Waals surface area contributed by atoms with Crippen molar-refractivity contribution in [3.05, 3.63) is 96.1 Å². The molecular weight excluding hydrogens is 422 g/mol. The monoisotopic (exact) mass is 447 g/mol. The summed E-state index contributed by atoms with van der Waals surface area (Å²) >= 11 is 1.56. The minimum atomic E-state index is -0.233. The molecule has 3 rings (SSSR count). The molecule has 164 valence electrons. The van der Waals surface area contributed by atoms with E-state index in [1.807, 2.05) is 67.6 Å². The van der Waals surface area contributed by atoms with Gasteiger partial charge in [0.05, 0.1) is 11.5 Å². The first-order valence-electron chi connectivity index (χ1n) is 10.2. The summed E-state index contributed by atoms with van der Waals surface area (Å²) in [5.41, 5.74) is 5.28. The van der Waals surface area contributed by atoms with Crippen LogP contribution in [-0.4, -0.2) is 29.9 Å². The van der Waals surface area contributed by atoms with Crippen LogP contribution >= 0.6 is 11.8 Å². The second kappa shape index (κ2) is 12.3. The maximum absolute atomic E-state index is 12.2. The first-order chi connectivity index (χ1) is 15.6. The van der Waals surface area contributed by atoms with Crippen molar-refractivity contribution in [3.8, 4) is 5.75 Å². The number of para-hydroxylation sites is 1. The molecule has 0 heterocycles. The van der Waals surface area contributed by atoms with E-state index in [2.05, 4.69) is 15.8 Å². The van der Waals surface area contributed by atoms with E-state index in [0.717, 1.165) is 17.0 Å². The Labute approximate surface area is 192 Å². The van der Waals surface area contributed by atoms with Gasteiger partial charge in [0, 0.05) is 11.4 Å². The molecule has 2 amide bonds. The largest absolute Gasteiger partial charge is 0.484 e. The number of nitrogens with one attached hydrogen (secondary N) is 2. The number of ether oxygens (including phenoxy) is 1. The van der Waals surface area contributed by atoms with Gasteiger partial charge in [-0.3, -0.25) is 9.59 Å². The fraction of sp³-hybridized carbons (Fsp3) is 0.160. The second-order valence-electron chi connectivity index (χ2n) is 6.94. The topological polar surface area (TPSA) is 79.8 Å². The normalized spacial score (nSPS) is 11.7. The standard InChI is InChI=1S/C25H25N3O3S/c1-19(32-18-21-8-4-2-5-9-21)25(30)28-26-16-20-12-14-23(15-13-20)31-17-24(29)27-22-10-6-3-7-11-22/h2-16,19H,17-18H2,1H3,(H,27,29)(H,28,30)/b26-16-/t19-/m1/s1. The zero-order valence-corrected chi connectivity index (χ0v) is 18.5. The van der Waals surface area contributed by atoms with Crippen LogP contribution in [0.25, 0.3) is 0 Å². The van der Waals surface area contributed by atoms with Crippen molar-refractivity contribution in [2.45, 2.75) is 17.9 Å². The van der Waals surface area contributed by atoms with E-state index in [1.54, 1.807) is 42.2 Å². The molecule has 3 aromatic rings. The molecule has 0 fully saturated rings. The van der Waals surface area contributed by atoms with Crippen molar-refractivity contribution < 1.29 is 14.3 Å². The lowest BCUT2D eigenvalue weighted by Gasteiger charge is -2.09. The number of anilines is 1. The molecule has 0 bridgehead atoms. The van der Waals surface area contributed by atoms with Gasteiger partial charge in [-0.05, 0) is 54.4 Å². The number of amides is 2. The number of carbonyl (C=O) groups excluding carboxylic acids is 2. The highest BCUT2D eigenvalue weighted by Crippen LogP contribution is 2.17. The van der Waals surface area contributed by atoms with Crippen molar-refractivity contribution in [2.24, 2.45) is 5.10 Å². The molecule has 0 spiro atoms. The number of hydrogen-bond acceptors (Lipinski definition) is 5. The summed E-state index contributed by atoms with van der Waals surface area (Å²) in [6, 6.07) is 26.3. The Morgan fingerprint density at radius 1 is 0.969 bits per heavy atom. The fourth-order valence-corrected chi connectivity index (χ4v) is 3.49. The highest BCUT2D eigenvalue weighted by Gasteiger charge is 2.12. The summed E-state index contributed by atoms with van der Waals surface area (Å²) in [6.07, 6.45) is 1.57. The van der Waals surface area contributed by atoms with Crippen molar-refractivity contribution in [3.63, 3.8) is 0 Å². The predicted molar refractivity (Wildman–Crippen MR) is 130 cm³/mol. The van der Waals surface area contributed by atoms with Crippen molar-refractivity contribution >= 4 is 35.5 Å². The Morgan fingerprint density at radius 2 is 1.62 bits per heavy atom. The van der Waals surface area contributed by atoms with Crippen molar-refractivity contribution in [2.75, 3.05) is 11.9 Å². The second-order valence-corrected chi connectivity index (χ2v) is 8.27. The van der Waals surface area contributed by atoms with Gasteiger partial charge in [0.25, 0.3) is 11.8 Å². The van der Waals surface area contributed by atoms with E-state index in [9.17, 15) is 9.59 Å². The van der Waals surface area contributed by atoms with E-state index in [-0.39, 0.29) is 23.7 Å². The Balaban J connectivity index is 1.38. The van der Waals surface area contributed by atoms with Crippen LogP contribution in [-0.2, 0) is 15.3 Å². The molecule has 0 saturated heterocycles. The van der Waals surface area contributed by atoms with Crippen molar-refractivity contribution in [1.29, 1.82) is 0 Å². The maximum atomic E-state index is 12.2. The molecule has 0 radical (unpaired) electrons. The zero-order chi connectivity index (χ0) is 22.6. The van der Waals surface area contributed by atoms with E-state index in [0.29, 0.717) is 5.75 Å². The molecule has 3 aromatic carbocycles. The summed E-state index contributed by atoms with van der Waals surface area (Å²) < 4.78 is 5.50. The third-order valence-corrected chi connectivity index (χ3v) is 5.62. The lowest BCUT2D eigenvalue weighted by Crippen LogP contribution is -2.26. The van der Waals surface area contributed by atoms with Gasteiger partial charge in [-0.15, -0.1) is 11.8 Å². The van der Waals surface area contributed by atoms with Gasteiger partial charge in [-0.25, -0.2) is 5.43 Å². The molecule has 0 saturated carbocycles. The number of thioether (sulfide) groups is 1. The minimum absolute atomic E-state index is 0.0864. The number of hydrogen-bond donors (Lipinski definition) is 2. The Hall–Kier alpha value is -3.58. The molecule has 0 aliphatic heterocycles. The molecule has 0 aliphatic rings. The summed E-state index contributed by atoms with van der Waals surface area (Å²) in [4.78, 5) is 24.1. The van der Waals surface area contributed by atoms with E-state index >= 15 is 0 Å². The molecular formula is C25H25N3O3S. The molecule has 1 atom stereocenters. The number of rotatable bonds is 10. The quantitative estimate of drug-likeness (QED) is 0.355. The lowest BCUT2D eigenvalue weighted by molar-refractivity contribution is -0.120. The Kier molecular flexibility index (Phi) is 8.89. The SMILES string of the molecule is C[C@@H](SCc1ccccc1)C(=O)N/N=C\c1ccc(OCC(=O)Nc2ccccc2)cc1. The number of carbonyl (C=O) groups is 2. The van der Waals surface area contributed by atoms with Crippen LogP contribution in [0.5, 0.6) is 5.75 Å². The number of hydrazone groups is 1. The zero-order valence-electron chi connectivity index (χ0n) is 17.7. The summed E-state index contributed by atoms with van der Waals surface area (Å²) in [5, 5.41) is 6.57. The first kappa shape index (κ1) is 23.1. The van der Waals surface area contributed by atoms with Gasteiger partial charge < -0.3 is 10.1 Å². The summed E-state index contributed by atoms with van der Waals surface area (Å²) in [7, 11) is 0. The average Bonchev–Trinajstić information content (AvgIpc) is 2.83. The van der Waals surface area contributed by atoms with Gasteiger partial charge in [0.2, 0.25) is 0 Å². The number of benzene rings is 3. The summed E-state index contributed by atoms with van der Waals surface area (Å²) in [5.74, 6) is 0.958. The first-order valence-corrected chi connectivity index (χ1v) is 11.2. The van der Waals surface area contributed by atoms with Crippen LogP contribution in [0.4, 0.5) is 5.69 Å². The fourth-order valence-electron chi connectivity index (χ4n) is 2.65. The van der Waals surface area contributed by atoms with E-state index < -0.39 is 0 Å². The Bertz CT molecular complexity index is 1030. The van der Waals surface area contributed by atoms with Crippen LogP contribution in [0.15, 0.2) is 90.0 Å². The highest BCUT2D eigenvalue weighted by molar-refractivity contribution is 7.99. The van der Waals surface area contributed by atoms with E-state index in [1.165, 1.54) is 5.56 Å². The average molecular weight is 448 g/mol. The lowest BCUT2D eigenvalue weighted by atomic mass is 10.2. The van der Waals surface area contributed by atoms with Crippen LogP contribution in [0.1, 0.15) is 18.1 Å². The van der Waals surface area contributed by atoms with Gasteiger partial charge >= 0.3 is 0 Å². The van der Waals surface area contributed by atoms with Crippen molar-refractivity contribution in [1.82, 2.24) is 5.43 Å². The van der Waals surface area contributed by atoms with Gasteiger partial charge in [-0.2, -0.15) is 5.10 Å². The molecule has 0 unspecified atom stereocenters. The van der Waals surface area contributed by atoms with Gasteiger partial charge in [-0.1, -0.05) is 48.5 Å². The molecule has 32 heavy (non-hydrogen) atoms.